The van der Waals surface area contributed by atoms with Crippen molar-refractivity contribution in [1.29, 1.82) is 0 Å². The lowest BCUT2D eigenvalue weighted by Gasteiger charge is -2.28. The number of carboxylic acids is 1. The summed E-state index contributed by atoms with van der Waals surface area (Å²) < 4.78 is 0. The van der Waals surface area contributed by atoms with Gasteiger partial charge in [-0.2, -0.15) is 5.06 Å². The van der Waals surface area contributed by atoms with Gasteiger partial charge in [-0.1, -0.05) is 0 Å². The van der Waals surface area contributed by atoms with Crippen LogP contribution in [0, 0.1) is 0 Å². The molecule has 0 aliphatic rings. The van der Waals surface area contributed by atoms with Crippen LogP contribution in [0.5, 0.6) is 0 Å². The summed E-state index contributed by atoms with van der Waals surface area (Å²) >= 11 is 0. The van der Waals surface area contributed by atoms with E-state index in [-0.39, 0.29) is 0 Å². The minimum atomic E-state index is -0.964. The summed E-state index contributed by atoms with van der Waals surface area (Å²) in [5, 5.41) is 9.91. The Morgan fingerprint density at radius 3 is 2.10 bits per heavy atom. The highest BCUT2D eigenvalue weighted by molar-refractivity contribution is 5.77. The second kappa shape index (κ2) is 2.98. The van der Waals surface area contributed by atoms with Crippen molar-refractivity contribution in [2.24, 2.45) is 0 Å². The largest absolute Gasteiger partial charge is 0.480 e. The minimum Gasteiger partial charge on any atom is -0.480 e. The van der Waals surface area contributed by atoms with Crippen LogP contribution in [0.25, 0.3) is 0 Å². The van der Waals surface area contributed by atoms with Gasteiger partial charge in [0.2, 0.25) is 0 Å². The van der Waals surface area contributed by atoms with Gasteiger partial charge in [0.25, 0.3) is 0 Å². The van der Waals surface area contributed by atoms with Gasteiger partial charge in [0.05, 0.1) is 7.11 Å². The topological polar surface area (TPSA) is 49.8 Å². The van der Waals surface area contributed by atoms with Crippen LogP contribution in [-0.2, 0) is 9.63 Å². The average molecular weight is 147 g/mol. The van der Waals surface area contributed by atoms with Gasteiger partial charge in [0.1, 0.15) is 5.54 Å². The highest BCUT2D eigenvalue weighted by Gasteiger charge is 2.32. The van der Waals surface area contributed by atoms with Crippen LogP contribution in [0.15, 0.2) is 0 Å². The van der Waals surface area contributed by atoms with Gasteiger partial charge in [-0.3, -0.25) is 4.79 Å². The summed E-state index contributed by atoms with van der Waals surface area (Å²) in [5.41, 5.74) is -0.964. The Bertz CT molecular complexity index is 133. The summed E-state index contributed by atoms with van der Waals surface area (Å²) in [6, 6.07) is 0. The highest BCUT2D eigenvalue weighted by atomic mass is 16.7. The van der Waals surface area contributed by atoms with Crippen molar-refractivity contribution in [3.8, 4) is 0 Å². The molecule has 0 heterocycles. The average Bonchev–Trinajstić information content (AvgIpc) is 1.86. The fraction of sp³-hybridized carbons (Fsp3) is 0.833. The van der Waals surface area contributed by atoms with Gasteiger partial charge in [-0.15, -0.1) is 0 Å². The van der Waals surface area contributed by atoms with Crippen molar-refractivity contribution in [1.82, 2.24) is 5.06 Å². The molecule has 0 aromatic heterocycles. The molecule has 0 aromatic rings. The van der Waals surface area contributed by atoms with Gasteiger partial charge in [0, 0.05) is 7.05 Å². The van der Waals surface area contributed by atoms with Crippen molar-refractivity contribution in [2.75, 3.05) is 14.2 Å². The molecule has 0 bridgehead atoms. The lowest BCUT2D eigenvalue weighted by molar-refractivity contribution is -0.194. The molecular weight excluding hydrogens is 134 g/mol. The molecule has 10 heavy (non-hydrogen) atoms. The van der Waals surface area contributed by atoms with E-state index in [9.17, 15) is 4.79 Å². The first-order valence-corrected chi connectivity index (χ1v) is 2.94. The van der Waals surface area contributed by atoms with E-state index in [1.165, 1.54) is 12.2 Å². The normalized spacial score (nSPS) is 12.1. The fourth-order valence-electron chi connectivity index (χ4n) is 0.363. The Kier molecular flexibility index (Phi) is 2.80. The van der Waals surface area contributed by atoms with E-state index < -0.39 is 11.5 Å². The Morgan fingerprint density at radius 2 is 2.00 bits per heavy atom. The maximum Gasteiger partial charge on any atom is 0.325 e. The molecule has 4 heteroatoms. The quantitative estimate of drug-likeness (QED) is 0.585. The van der Waals surface area contributed by atoms with E-state index in [0.29, 0.717) is 0 Å². The second-order valence-corrected chi connectivity index (χ2v) is 2.54. The van der Waals surface area contributed by atoms with E-state index >= 15 is 0 Å². The summed E-state index contributed by atoms with van der Waals surface area (Å²) in [4.78, 5) is 15.2. The van der Waals surface area contributed by atoms with Crippen molar-refractivity contribution in [2.45, 2.75) is 19.4 Å². The number of carbonyl (C=O) groups is 1. The Labute approximate surface area is 60.3 Å². The number of hydrogen-bond donors (Lipinski definition) is 1. The first kappa shape index (κ1) is 9.39. The van der Waals surface area contributed by atoms with Crippen LogP contribution >= 0.6 is 0 Å². The summed E-state index contributed by atoms with van der Waals surface area (Å²) in [5.74, 6) is -0.906. The molecule has 0 atom stereocenters. The molecule has 0 aliphatic heterocycles. The highest BCUT2D eigenvalue weighted by Crippen LogP contribution is 2.11. The maximum atomic E-state index is 10.5. The number of rotatable bonds is 3. The molecule has 4 nitrogen and oxygen atoms in total. The van der Waals surface area contributed by atoms with Gasteiger partial charge < -0.3 is 9.94 Å². The summed E-state index contributed by atoms with van der Waals surface area (Å²) in [6.45, 7) is 3.14. The van der Waals surface area contributed by atoms with E-state index in [1.807, 2.05) is 0 Å². The minimum absolute atomic E-state index is 0.906. The summed E-state index contributed by atoms with van der Waals surface area (Å²) in [7, 11) is 3.01. The Hall–Kier alpha value is -0.610. The number of carboxylic acid groups (broad SMARTS) is 1. The Balaban J connectivity index is 4.23. The predicted molar refractivity (Wildman–Crippen MR) is 36.5 cm³/mol. The van der Waals surface area contributed by atoms with Gasteiger partial charge >= 0.3 is 5.97 Å². The second-order valence-electron chi connectivity index (χ2n) is 2.54. The van der Waals surface area contributed by atoms with Crippen LogP contribution in [0.4, 0.5) is 0 Å². The number of aliphatic carboxylic acids is 1. The zero-order chi connectivity index (χ0) is 8.36. The third kappa shape index (κ3) is 1.68. The van der Waals surface area contributed by atoms with Crippen molar-refractivity contribution in [3.63, 3.8) is 0 Å². The lowest BCUT2D eigenvalue weighted by atomic mass is 10.1. The molecule has 0 saturated heterocycles. The zero-order valence-corrected chi connectivity index (χ0v) is 6.71. The zero-order valence-electron chi connectivity index (χ0n) is 6.71. The Morgan fingerprint density at radius 1 is 1.60 bits per heavy atom. The summed E-state index contributed by atoms with van der Waals surface area (Å²) in [6.07, 6.45) is 0. The van der Waals surface area contributed by atoms with Gasteiger partial charge in [-0.05, 0) is 13.8 Å². The molecule has 0 amide bonds. The third-order valence-corrected chi connectivity index (χ3v) is 1.58. The molecule has 0 rings (SSSR count). The number of hydrogen-bond acceptors (Lipinski definition) is 3. The molecule has 0 aliphatic carbocycles. The van der Waals surface area contributed by atoms with Crippen molar-refractivity contribution in [3.05, 3.63) is 0 Å². The van der Waals surface area contributed by atoms with Crippen molar-refractivity contribution >= 4 is 5.97 Å². The predicted octanol–water partition coefficient (Wildman–Crippen LogP) is 0.343. The first-order chi connectivity index (χ1) is 4.42. The van der Waals surface area contributed by atoms with Crippen LogP contribution in [0.1, 0.15) is 13.8 Å². The van der Waals surface area contributed by atoms with E-state index in [1.54, 1.807) is 20.9 Å². The molecule has 60 valence electrons. The molecule has 1 N–H and O–H groups in total. The molecule has 0 unspecified atom stereocenters. The lowest BCUT2D eigenvalue weighted by Crippen LogP contribution is -2.47. The van der Waals surface area contributed by atoms with Gasteiger partial charge in [-0.25, -0.2) is 0 Å². The van der Waals surface area contributed by atoms with Crippen LogP contribution in [0.2, 0.25) is 0 Å². The molecule has 0 radical (unpaired) electrons. The van der Waals surface area contributed by atoms with E-state index in [2.05, 4.69) is 0 Å². The number of hydroxylamine groups is 2. The monoisotopic (exact) mass is 147 g/mol. The SMILES string of the molecule is CON(C)C(C)(C)C(=O)O. The molecule has 0 saturated carbocycles. The van der Waals surface area contributed by atoms with Crippen LogP contribution in [0.3, 0.4) is 0 Å². The van der Waals surface area contributed by atoms with Crippen molar-refractivity contribution < 1.29 is 14.7 Å². The van der Waals surface area contributed by atoms with Crippen LogP contribution < -0.4 is 0 Å². The molecular formula is C6H13NO3. The molecule has 0 spiro atoms. The standard InChI is InChI=1S/C6H13NO3/c1-6(2,5(8)9)7(3)10-4/h1-4H3,(H,8,9). The van der Waals surface area contributed by atoms with E-state index in [4.69, 9.17) is 9.94 Å². The number of likely N-dealkylation sites (N-methyl/N-ethyl adjacent to an activating group) is 1. The number of nitrogens with zero attached hydrogens (tertiary/aromatic N) is 1. The smallest absolute Gasteiger partial charge is 0.325 e. The molecule has 0 fully saturated rings. The first-order valence-electron chi connectivity index (χ1n) is 2.94. The van der Waals surface area contributed by atoms with E-state index in [0.717, 1.165) is 0 Å². The maximum absolute atomic E-state index is 10.5. The molecule has 0 aromatic carbocycles. The van der Waals surface area contributed by atoms with Crippen LogP contribution in [-0.4, -0.2) is 35.8 Å². The fourth-order valence-corrected chi connectivity index (χ4v) is 0.363. The van der Waals surface area contributed by atoms with Gasteiger partial charge in [0.15, 0.2) is 0 Å². The third-order valence-electron chi connectivity index (χ3n) is 1.58.